The van der Waals surface area contributed by atoms with E-state index in [0.29, 0.717) is 5.56 Å². The molecule has 0 saturated heterocycles. The zero-order valence-electron chi connectivity index (χ0n) is 19.2. The number of rotatable bonds is 5. The maximum absolute atomic E-state index is 13.9. The van der Waals surface area contributed by atoms with E-state index in [-0.39, 0.29) is 24.2 Å². The van der Waals surface area contributed by atoms with Crippen molar-refractivity contribution in [2.75, 3.05) is 0 Å². The Morgan fingerprint density at radius 2 is 1.82 bits per heavy atom. The zero-order chi connectivity index (χ0) is 22.9. The van der Waals surface area contributed by atoms with Crippen molar-refractivity contribution in [1.29, 1.82) is 0 Å². The van der Waals surface area contributed by atoms with Gasteiger partial charge < -0.3 is 9.88 Å². The van der Waals surface area contributed by atoms with E-state index in [2.05, 4.69) is 66.2 Å². The van der Waals surface area contributed by atoms with Gasteiger partial charge in [-0.05, 0) is 61.9 Å². The SMILES string of the molecule is Cc1ccc(C)c(Cn2c3c(c4ccccc42)CC(C(=O)NCc2ccccc2F)CC3)c1. The summed E-state index contributed by atoms with van der Waals surface area (Å²) in [4.78, 5) is 13.0. The molecule has 0 aliphatic heterocycles. The number of nitrogens with one attached hydrogen (secondary N) is 1. The molecule has 0 fully saturated rings. The van der Waals surface area contributed by atoms with E-state index in [4.69, 9.17) is 0 Å². The van der Waals surface area contributed by atoms with Crippen LogP contribution in [0.3, 0.4) is 0 Å². The molecule has 1 N–H and O–H groups in total. The van der Waals surface area contributed by atoms with Crippen LogP contribution < -0.4 is 5.32 Å². The molecule has 3 nitrogen and oxygen atoms in total. The lowest BCUT2D eigenvalue weighted by atomic mass is 9.85. The Bertz CT molecular complexity index is 1340. The van der Waals surface area contributed by atoms with Crippen molar-refractivity contribution in [1.82, 2.24) is 9.88 Å². The summed E-state index contributed by atoms with van der Waals surface area (Å²) in [7, 11) is 0. The highest BCUT2D eigenvalue weighted by Gasteiger charge is 2.29. The van der Waals surface area contributed by atoms with Crippen LogP contribution in [-0.4, -0.2) is 10.5 Å². The van der Waals surface area contributed by atoms with Crippen molar-refractivity contribution < 1.29 is 9.18 Å². The second kappa shape index (κ2) is 8.86. The summed E-state index contributed by atoms with van der Waals surface area (Å²) in [6, 6.07) is 21.8. The molecule has 1 atom stereocenters. The van der Waals surface area contributed by atoms with Crippen LogP contribution in [0.25, 0.3) is 10.9 Å². The average Bonchev–Trinajstić information content (AvgIpc) is 3.14. The van der Waals surface area contributed by atoms with Crippen molar-refractivity contribution >= 4 is 16.8 Å². The number of hydrogen-bond donors (Lipinski definition) is 1. The normalized spacial score (nSPS) is 15.4. The molecule has 0 radical (unpaired) electrons. The third kappa shape index (κ3) is 4.18. The topological polar surface area (TPSA) is 34.0 Å². The van der Waals surface area contributed by atoms with E-state index < -0.39 is 0 Å². The van der Waals surface area contributed by atoms with Crippen molar-refractivity contribution in [3.63, 3.8) is 0 Å². The predicted molar refractivity (Wildman–Crippen MR) is 131 cm³/mol. The van der Waals surface area contributed by atoms with E-state index in [0.717, 1.165) is 25.8 Å². The van der Waals surface area contributed by atoms with Gasteiger partial charge in [-0.15, -0.1) is 0 Å². The number of nitrogens with zero attached hydrogens (tertiary/aromatic N) is 1. The Kier molecular flexibility index (Phi) is 5.76. The monoisotopic (exact) mass is 440 g/mol. The van der Waals surface area contributed by atoms with Gasteiger partial charge in [0.2, 0.25) is 5.91 Å². The first-order chi connectivity index (χ1) is 16.0. The van der Waals surface area contributed by atoms with Gasteiger partial charge in [-0.2, -0.15) is 0 Å². The average molecular weight is 441 g/mol. The molecule has 1 unspecified atom stereocenters. The molecule has 1 aliphatic carbocycles. The summed E-state index contributed by atoms with van der Waals surface area (Å²) >= 11 is 0. The van der Waals surface area contributed by atoms with Gasteiger partial charge in [0.05, 0.1) is 0 Å². The van der Waals surface area contributed by atoms with Crippen LogP contribution in [0.1, 0.15) is 39.9 Å². The fraction of sp³-hybridized carbons (Fsp3) is 0.276. The van der Waals surface area contributed by atoms with Gasteiger partial charge in [0.15, 0.2) is 0 Å². The number of hydrogen-bond acceptors (Lipinski definition) is 1. The van der Waals surface area contributed by atoms with Crippen LogP contribution in [0.2, 0.25) is 0 Å². The van der Waals surface area contributed by atoms with Gasteiger partial charge in [-0.3, -0.25) is 4.79 Å². The number of carbonyl (C=O) groups excluding carboxylic acids is 1. The fourth-order valence-corrected chi connectivity index (χ4v) is 5.11. The number of benzene rings is 3. The van der Waals surface area contributed by atoms with Gasteiger partial charge in [-0.25, -0.2) is 4.39 Å². The molecule has 4 aromatic rings. The number of halogens is 1. The first-order valence-electron chi connectivity index (χ1n) is 11.7. The lowest BCUT2D eigenvalue weighted by Gasteiger charge is -2.24. The molecular formula is C29H29FN2O. The Balaban J connectivity index is 1.41. The highest BCUT2D eigenvalue weighted by atomic mass is 19.1. The predicted octanol–water partition coefficient (Wildman–Crippen LogP) is 5.87. The molecule has 168 valence electrons. The van der Waals surface area contributed by atoms with Crippen molar-refractivity contribution in [2.45, 2.75) is 46.2 Å². The molecule has 1 heterocycles. The van der Waals surface area contributed by atoms with Crippen molar-refractivity contribution in [3.8, 4) is 0 Å². The molecule has 4 heteroatoms. The highest BCUT2D eigenvalue weighted by Crippen LogP contribution is 2.35. The highest BCUT2D eigenvalue weighted by molar-refractivity contribution is 5.88. The van der Waals surface area contributed by atoms with E-state index in [1.54, 1.807) is 18.2 Å². The van der Waals surface area contributed by atoms with Gasteiger partial charge in [0, 0.05) is 41.2 Å². The number of amides is 1. The minimum atomic E-state index is -0.279. The Morgan fingerprint density at radius 3 is 2.67 bits per heavy atom. The number of para-hydroxylation sites is 1. The standard InChI is InChI=1S/C29H29FN2O/c1-19-11-12-20(2)23(15-19)18-32-27-10-6-4-8-24(27)25-16-21(13-14-28(25)32)29(33)31-17-22-7-3-5-9-26(22)30/h3-12,15,21H,13-14,16-18H2,1-2H3,(H,31,33). The lowest BCUT2D eigenvalue weighted by Crippen LogP contribution is -2.34. The Labute approximate surface area is 194 Å². The van der Waals surface area contributed by atoms with Crippen LogP contribution >= 0.6 is 0 Å². The number of carbonyl (C=O) groups is 1. The van der Waals surface area contributed by atoms with Crippen molar-refractivity contribution in [3.05, 3.63) is 106 Å². The molecule has 3 aromatic carbocycles. The summed E-state index contributed by atoms with van der Waals surface area (Å²) < 4.78 is 16.4. The number of aromatic nitrogens is 1. The lowest BCUT2D eigenvalue weighted by molar-refractivity contribution is -0.125. The molecule has 1 aromatic heterocycles. The summed E-state index contributed by atoms with van der Waals surface area (Å²) in [5, 5.41) is 4.20. The van der Waals surface area contributed by atoms with Crippen LogP contribution in [0.15, 0.2) is 66.7 Å². The number of aryl methyl sites for hydroxylation is 2. The summed E-state index contributed by atoms with van der Waals surface area (Å²) in [6.45, 7) is 5.37. The van der Waals surface area contributed by atoms with Crippen LogP contribution in [-0.2, 0) is 30.7 Å². The molecule has 1 aliphatic rings. The first-order valence-corrected chi connectivity index (χ1v) is 11.7. The minimum Gasteiger partial charge on any atom is -0.352 e. The molecule has 0 saturated carbocycles. The maximum Gasteiger partial charge on any atom is 0.223 e. The molecular weight excluding hydrogens is 411 g/mol. The molecule has 1 amide bonds. The fourth-order valence-electron chi connectivity index (χ4n) is 5.11. The molecule has 0 bridgehead atoms. The molecule has 33 heavy (non-hydrogen) atoms. The molecule has 0 spiro atoms. The third-order valence-corrected chi connectivity index (χ3v) is 6.99. The first kappa shape index (κ1) is 21.4. The minimum absolute atomic E-state index is 0.00950. The summed E-state index contributed by atoms with van der Waals surface area (Å²) in [6.07, 6.45) is 2.39. The molecule has 5 rings (SSSR count). The third-order valence-electron chi connectivity index (χ3n) is 6.99. The summed E-state index contributed by atoms with van der Waals surface area (Å²) in [5.41, 5.74) is 8.29. The Morgan fingerprint density at radius 1 is 1.03 bits per heavy atom. The quantitative estimate of drug-likeness (QED) is 0.414. The number of fused-ring (bicyclic) bond motifs is 3. The Hall–Kier alpha value is -3.40. The second-order valence-electron chi connectivity index (χ2n) is 9.21. The van der Waals surface area contributed by atoms with Gasteiger partial charge in [-0.1, -0.05) is 60.2 Å². The van der Waals surface area contributed by atoms with E-state index in [1.807, 2.05) is 0 Å². The van der Waals surface area contributed by atoms with Crippen molar-refractivity contribution in [2.24, 2.45) is 5.92 Å². The van der Waals surface area contributed by atoms with Gasteiger partial charge >= 0.3 is 0 Å². The van der Waals surface area contributed by atoms with Crippen LogP contribution in [0.4, 0.5) is 4.39 Å². The van der Waals surface area contributed by atoms with E-state index >= 15 is 0 Å². The second-order valence-corrected chi connectivity index (χ2v) is 9.21. The van der Waals surface area contributed by atoms with Crippen LogP contribution in [0, 0.1) is 25.6 Å². The van der Waals surface area contributed by atoms with Crippen LogP contribution in [0.5, 0.6) is 0 Å². The van der Waals surface area contributed by atoms with E-state index in [1.165, 1.54) is 44.9 Å². The van der Waals surface area contributed by atoms with Gasteiger partial charge in [0.1, 0.15) is 5.82 Å². The zero-order valence-corrected chi connectivity index (χ0v) is 19.2. The largest absolute Gasteiger partial charge is 0.352 e. The smallest absolute Gasteiger partial charge is 0.223 e. The van der Waals surface area contributed by atoms with E-state index in [9.17, 15) is 9.18 Å². The van der Waals surface area contributed by atoms with Gasteiger partial charge in [0.25, 0.3) is 0 Å². The summed E-state index contributed by atoms with van der Waals surface area (Å²) in [5.74, 6) is -0.363. The maximum atomic E-state index is 13.9.